The third-order valence-electron chi connectivity index (χ3n) is 3.20. The summed E-state index contributed by atoms with van der Waals surface area (Å²) in [5, 5.41) is 11.0. The number of halogens is 1. The molecule has 7 nitrogen and oxygen atoms in total. The van der Waals surface area contributed by atoms with Gasteiger partial charge in [0.2, 0.25) is 5.91 Å². The van der Waals surface area contributed by atoms with Gasteiger partial charge in [0.25, 0.3) is 5.56 Å². The van der Waals surface area contributed by atoms with Gasteiger partial charge in [-0.2, -0.15) is 5.10 Å². The Morgan fingerprint density at radius 3 is 2.67 bits per heavy atom. The molecule has 122 valence electrons. The summed E-state index contributed by atoms with van der Waals surface area (Å²) in [7, 11) is 0. The van der Waals surface area contributed by atoms with Crippen molar-refractivity contribution in [3.8, 4) is 11.3 Å². The van der Waals surface area contributed by atoms with E-state index in [1.54, 1.807) is 43.3 Å². The molecule has 1 amide bonds. The standard InChI is InChI=1S/C16H13ClN4O3/c1-10-8-14(20-24-10)18-15(22)9-21-16(23)7-6-13(19-21)11-2-4-12(17)5-3-11/h2-8H,9H2,1H3,(H,18,20,22). The molecule has 0 saturated heterocycles. The quantitative estimate of drug-likeness (QED) is 0.785. The second-order valence-corrected chi connectivity index (χ2v) is 5.53. The maximum Gasteiger partial charge on any atom is 0.267 e. The van der Waals surface area contributed by atoms with Crippen LogP contribution < -0.4 is 10.9 Å². The zero-order valence-electron chi connectivity index (χ0n) is 12.7. The first-order chi connectivity index (χ1) is 11.5. The fourth-order valence-electron chi connectivity index (χ4n) is 2.08. The monoisotopic (exact) mass is 344 g/mol. The summed E-state index contributed by atoms with van der Waals surface area (Å²) < 4.78 is 5.96. The lowest BCUT2D eigenvalue weighted by Crippen LogP contribution is -2.29. The number of hydrogen-bond donors (Lipinski definition) is 1. The average Bonchev–Trinajstić information content (AvgIpc) is 2.95. The van der Waals surface area contributed by atoms with Crippen LogP contribution in [0.5, 0.6) is 0 Å². The Hall–Kier alpha value is -2.93. The van der Waals surface area contributed by atoms with Gasteiger partial charge in [-0.15, -0.1) is 0 Å². The van der Waals surface area contributed by atoms with Crippen molar-refractivity contribution in [1.82, 2.24) is 14.9 Å². The number of carbonyl (C=O) groups is 1. The van der Waals surface area contributed by atoms with Crippen LogP contribution >= 0.6 is 11.6 Å². The molecule has 0 radical (unpaired) electrons. The second kappa shape index (κ2) is 6.67. The Labute approximate surface area is 141 Å². The van der Waals surface area contributed by atoms with Crippen molar-refractivity contribution in [1.29, 1.82) is 0 Å². The van der Waals surface area contributed by atoms with Gasteiger partial charge in [0.1, 0.15) is 12.3 Å². The summed E-state index contributed by atoms with van der Waals surface area (Å²) in [6, 6.07) is 11.6. The predicted octanol–water partition coefficient (Wildman–Crippen LogP) is 2.50. The van der Waals surface area contributed by atoms with Gasteiger partial charge in [-0.1, -0.05) is 28.9 Å². The zero-order chi connectivity index (χ0) is 17.1. The molecule has 0 fully saturated rings. The third kappa shape index (κ3) is 3.69. The molecule has 0 saturated carbocycles. The maximum absolute atomic E-state index is 12.0. The minimum absolute atomic E-state index is 0.230. The first-order valence-electron chi connectivity index (χ1n) is 7.08. The van der Waals surface area contributed by atoms with Crippen molar-refractivity contribution in [2.24, 2.45) is 0 Å². The van der Waals surface area contributed by atoms with E-state index in [0.717, 1.165) is 10.2 Å². The van der Waals surface area contributed by atoms with Crippen LogP contribution in [-0.2, 0) is 11.3 Å². The van der Waals surface area contributed by atoms with E-state index in [1.807, 2.05) is 0 Å². The minimum atomic E-state index is -0.425. The normalized spacial score (nSPS) is 10.6. The molecular formula is C16H13ClN4O3. The van der Waals surface area contributed by atoms with E-state index in [2.05, 4.69) is 15.6 Å². The molecule has 2 heterocycles. The largest absolute Gasteiger partial charge is 0.360 e. The van der Waals surface area contributed by atoms with Crippen LogP contribution in [0.1, 0.15) is 5.76 Å². The number of benzene rings is 1. The van der Waals surface area contributed by atoms with Crippen molar-refractivity contribution >= 4 is 23.3 Å². The smallest absolute Gasteiger partial charge is 0.267 e. The van der Waals surface area contributed by atoms with E-state index in [4.69, 9.17) is 16.1 Å². The van der Waals surface area contributed by atoms with Crippen LogP contribution in [-0.4, -0.2) is 20.8 Å². The van der Waals surface area contributed by atoms with Crippen LogP contribution in [0.3, 0.4) is 0 Å². The average molecular weight is 345 g/mol. The molecule has 8 heteroatoms. The van der Waals surface area contributed by atoms with Gasteiger partial charge in [-0.05, 0) is 25.1 Å². The Morgan fingerprint density at radius 1 is 1.25 bits per heavy atom. The van der Waals surface area contributed by atoms with E-state index in [-0.39, 0.29) is 12.1 Å². The van der Waals surface area contributed by atoms with E-state index >= 15 is 0 Å². The molecule has 0 atom stereocenters. The number of aromatic nitrogens is 3. The van der Waals surface area contributed by atoms with E-state index in [0.29, 0.717) is 22.3 Å². The van der Waals surface area contributed by atoms with Gasteiger partial charge >= 0.3 is 0 Å². The fraction of sp³-hybridized carbons (Fsp3) is 0.125. The molecule has 0 aliphatic heterocycles. The molecule has 24 heavy (non-hydrogen) atoms. The molecule has 3 aromatic rings. The van der Waals surface area contributed by atoms with E-state index in [1.165, 1.54) is 6.07 Å². The SMILES string of the molecule is Cc1cc(NC(=O)Cn2nc(-c3ccc(Cl)cc3)ccc2=O)no1. The third-order valence-corrected chi connectivity index (χ3v) is 3.45. The highest BCUT2D eigenvalue weighted by Crippen LogP contribution is 2.18. The number of rotatable bonds is 4. The molecular weight excluding hydrogens is 332 g/mol. The lowest BCUT2D eigenvalue weighted by Gasteiger charge is -2.07. The summed E-state index contributed by atoms with van der Waals surface area (Å²) in [6.45, 7) is 1.48. The highest BCUT2D eigenvalue weighted by Gasteiger charge is 2.10. The van der Waals surface area contributed by atoms with Crippen LogP contribution in [0.25, 0.3) is 11.3 Å². The van der Waals surface area contributed by atoms with Crippen molar-refractivity contribution < 1.29 is 9.32 Å². The van der Waals surface area contributed by atoms with Gasteiger partial charge in [0.15, 0.2) is 5.82 Å². The molecule has 2 aromatic heterocycles. The summed E-state index contributed by atoms with van der Waals surface area (Å²) in [5.74, 6) is 0.441. The van der Waals surface area contributed by atoms with Crippen molar-refractivity contribution in [3.05, 3.63) is 63.6 Å². The lowest BCUT2D eigenvalue weighted by atomic mass is 10.1. The molecule has 0 spiro atoms. The summed E-state index contributed by atoms with van der Waals surface area (Å²) in [5.41, 5.74) is 0.983. The van der Waals surface area contributed by atoms with Gasteiger partial charge in [0, 0.05) is 22.7 Å². The Bertz CT molecular complexity index is 931. The zero-order valence-corrected chi connectivity index (χ0v) is 13.4. The van der Waals surface area contributed by atoms with Crippen LogP contribution in [0.2, 0.25) is 5.02 Å². The van der Waals surface area contributed by atoms with E-state index < -0.39 is 5.91 Å². The predicted molar refractivity (Wildman–Crippen MR) is 88.8 cm³/mol. The molecule has 0 unspecified atom stereocenters. The molecule has 0 aliphatic carbocycles. The van der Waals surface area contributed by atoms with Gasteiger partial charge in [0.05, 0.1) is 5.69 Å². The number of carbonyl (C=O) groups excluding carboxylic acids is 1. The number of nitrogens with zero attached hydrogens (tertiary/aromatic N) is 3. The maximum atomic E-state index is 12.0. The molecule has 1 aromatic carbocycles. The lowest BCUT2D eigenvalue weighted by molar-refractivity contribution is -0.117. The highest BCUT2D eigenvalue weighted by atomic mass is 35.5. The highest BCUT2D eigenvalue weighted by molar-refractivity contribution is 6.30. The minimum Gasteiger partial charge on any atom is -0.360 e. The number of aryl methyl sites for hydroxylation is 1. The van der Waals surface area contributed by atoms with Crippen molar-refractivity contribution in [2.75, 3.05) is 5.32 Å². The number of hydrogen-bond acceptors (Lipinski definition) is 5. The molecule has 0 aliphatic rings. The van der Waals surface area contributed by atoms with Crippen LogP contribution in [0.4, 0.5) is 5.82 Å². The van der Waals surface area contributed by atoms with Crippen LogP contribution in [0.15, 0.2) is 51.8 Å². The molecule has 1 N–H and O–H groups in total. The Morgan fingerprint density at radius 2 is 2.00 bits per heavy atom. The summed E-state index contributed by atoms with van der Waals surface area (Å²) in [6.07, 6.45) is 0. The fourth-order valence-corrected chi connectivity index (χ4v) is 2.21. The number of anilines is 1. The summed E-state index contributed by atoms with van der Waals surface area (Å²) >= 11 is 5.86. The number of amides is 1. The molecule has 3 rings (SSSR count). The van der Waals surface area contributed by atoms with E-state index in [9.17, 15) is 9.59 Å². The van der Waals surface area contributed by atoms with Gasteiger partial charge in [-0.25, -0.2) is 4.68 Å². The van der Waals surface area contributed by atoms with Crippen LogP contribution in [0, 0.1) is 6.92 Å². The van der Waals surface area contributed by atoms with Gasteiger partial charge < -0.3 is 9.84 Å². The topological polar surface area (TPSA) is 90.0 Å². The van der Waals surface area contributed by atoms with Crippen molar-refractivity contribution in [3.63, 3.8) is 0 Å². The van der Waals surface area contributed by atoms with Crippen molar-refractivity contribution in [2.45, 2.75) is 13.5 Å². The second-order valence-electron chi connectivity index (χ2n) is 5.09. The molecule has 0 bridgehead atoms. The number of nitrogens with one attached hydrogen (secondary N) is 1. The van der Waals surface area contributed by atoms with Gasteiger partial charge in [-0.3, -0.25) is 9.59 Å². The summed E-state index contributed by atoms with van der Waals surface area (Å²) in [4.78, 5) is 23.9. The Kier molecular flexibility index (Phi) is 4.43. The first kappa shape index (κ1) is 15.9. The Balaban J connectivity index is 1.80. The first-order valence-corrected chi connectivity index (χ1v) is 7.46.